The molecule has 0 aliphatic heterocycles. The number of likely N-dealkylation sites (N-methyl/N-ethyl adjacent to an activating group) is 1. The fourth-order valence-electron chi connectivity index (χ4n) is 2.19. The standard InChI is InChI=1S/C15H17ClFNS/c1-3-18-14(12-9-19-8-10(12)2)7-11-5-4-6-13(16)15(11)17/h4-6,8-9,14,18H,3,7H2,1-2H3. The molecule has 0 aliphatic carbocycles. The normalized spacial score (nSPS) is 12.6. The number of hydrogen-bond acceptors (Lipinski definition) is 2. The van der Waals surface area contributed by atoms with Crippen molar-refractivity contribution in [1.29, 1.82) is 0 Å². The number of benzene rings is 1. The van der Waals surface area contributed by atoms with Gasteiger partial charge in [0.1, 0.15) is 5.82 Å². The van der Waals surface area contributed by atoms with Crippen LogP contribution in [0.1, 0.15) is 29.7 Å². The van der Waals surface area contributed by atoms with Gasteiger partial charge in [0.2, 0.25) is 0 Å². The van der Waals surface area contributed by atoms with E-state index in [1.54, 1.807) is 29.5 Å². The van der Waals surface area contributed by atoms with E-state index in [0.717, 1.165) is 6.54 Å². The van der Waals surface area contributed by atoms with Gasteiger partial charge < -0.3 is 5.32 Å². The van der Waals surface area contributed by atoms with Gasteiger partial charge in [0.15, 0.2) is 0 Å². The third-order valence-corrected chi connectivity index (χ3v) is 4.35. The lowest BCUT2D eigenvalue weighted by Crippen LogP contribution is -2.23. The van der Waals surface area contributed by atoms with Crippen molar-refractivity contribution in [2.24, 2.45) is 0 Å². The molecule has 4 heteroatoms. The van der Waals surface area contributed by atoms with E-state index < -0.39 is 0 Å². The largest absolute Gasteiger partial charge is 0.310 e. The Labute approximate surface area is 122 Å². The Balaban J connectivity index is 2.27. The Morgan fingerprint density at radius 3 is 2.79 bits per heavy atom. The zero-order chi connectivity index (χ0) is 13.8. The molecular weight excluding hydrogens is 281 g/mol. The van der Waals surface area contributed by atoms with E-state index in [0.29, 0.717) is 12.0 Å². The van der Waals surface area contributed by atoms with E-state index >= 15 is 0 Å². The van der Waals surface area contributed by atoms with Crippen LogP contribution in [0, 0.1) is 12.7 Å². The summed E-state index contributed by atoms with van der Waals surface area (Å²) in [7, 11) is 0. The highest BCUT2D eigenvalue weighted by Gasteiger charge is 2.17. The van der Waals surface area contributed by atoms with Gasteiger partial charge in [-0.25, -0.2) is 4.39 Å². The van der Waals surface area contributed by atoms with Crippen molar-refractivity contribution in [3.63, 3.8) is 0 Å². The second-order valence-corrected chi connectivity index (χ2v) is 5.69. The molecule has 1 unspecified atom stereocenters. The molecule has 1 nitrogen and oxygen atoms in total. The monoisotopic (exact) mass is 297 g/mol. The molecule has 2 aromatic rings. The van der Waals surface area contributed by atoms with Gasteiger partial charge in [-0.2, -0.15) is 11.3 Å². The van der Waals surface area contributed by atoms with Crippen molar-refractivity contribution in [2.75, 3.05) is 6.54 Å². The number of nitrogens with one attached hydrogen (secondary N) is 1. The molecular formula is C15H17ClFNS. The quantitative estimate of drug-likeness (QED) is 0.840. The number of hydrogen-bond donors (Lipinski definition) is 1. The molecule has 0 aliphatic rings. The lowest BCUT2D eigenvalue weighted by Gasteiger charge is -2.19. The van der Waals surface area contributed by atoms with Gasteiger partial charge in [-0.3, -0.25) is 0 Å². The van der Waals surface area contributed by atoms with Crippen LogP contribution in [0.15, 0.2) is 29.0 Å². The minimum Gasteiger partial charge on any atom is -0.310 e. The number of aryl methyl sites for hydroxylation is 1. The molecule has 2 rings (SSSR count). The Morgan fingerprint density at radius 1 is 1.37 bits per heavy atom. The van der Waals surface area contributed by atoms with Crippen molar-refractivity contribution < 1.29 is 4.39 Å². The number of thiophene rings is 1. The summed E-state index contributed by atoms with van der Waals surface area (Å²) in [5, 5.41) is 7.86. The highest BCUT2D eigenvalue weighted by Crippen LogP contribution is 2.27. The van der Waals surface area contributed by atoms with Gasteiger partial charge in [-0.15, -0.1) is 0 Å². The van der Waals surface area contributed by atoms with E-state index in [4.69, 9.17) is 11.6 Å². The smallest absolute Gasteiger partial charge is 0.145 e. The van der Waals surface area contributed by atoms with Gasteiger partial charge in [0, 0.05) is 6.04 Å². The molecule has 0 saturated carbocycles. The number of rotatable bonds is 5. The molecule has 1 aromatic carbocycles. The predicted molar refractivity (Wildman–Crippen MR) is 80.6 cm³/mol. The van der Waals surface area contributed by atoms with Crippen LogP contribution in [0.5, 0.6) is 0 Å². The SMILES string of the molecule is CCNC(Cc1cccc(Cl)c1F)c1cscc1C. The maximum Gasteiger partial charge on any atom is 0.145 e. The van der Waals surface area contributed by atoms with Crippen molar-refractivity contribution >= 4 is 22.9 Å². The average Bonchev–Trinajstić information content (AvgIpc) is 2.80. The van der Waals surface area contributed by atoms with Crippen molar-refractivity contribution in [3.05, 3.63) is 56.5 Å². The summed E-state index contributed by atoms with van der Waals surface area (Å²) in [5.41, 5.74) is 3.15. The Morgan fingerprint density at radius 2 is 2.16 bits per heavy atom. The lowest BCUT2D eigenvalue weighted by molar-refractivity contribution is 0.527. The van der Waals surface area contributed by atoms with Gasteiger partial charge in [-0.05, 0) is 53.4 Å². The minimum absolute atomic E-state index is 0.129. The zero-order valence-corrected chi connectivity index (χ0v) is 12.6. The van der Waals surface area contributed by atoms with Gasteiger partial charge in [-0.1, -0.05) is 30.7 Å². The topological polar surface area (TPSA) is 12.0 Å². The van der Waals surface area contributed by atoms with Crippen molar-refractivity contribution in [3.8, 4) is 0 Å². The van der Waals surface area contributed by atoms with Crippen LogP contribution < -0.4 is 5.32 Å². The fraction of sp³-hybridized carbons (Fsp3) is 0.333. The maximum absolute atomic E-state index is 14.0. The maximum atomic E-state index is 14.0. The minimum atomic E-state index is -0.306. The predicted octanol–water partition coefficient (Wildman–Crippen LogP) is 4.74. The first-order valence-electron chi connectivity index (χ1n) is 6.32. The summed E-state index contributed by atoms with van der Waals surface area (Å²) >= 11 is 7.52. The number of halogens is 2. The summed E-state index contributed by atoms with van der Waals surface area (Å²) in [6.45, 7) is 5.00. The van der Waals surface area contributed by atoms with Crippen LogP contribution in [-0.4, -0.2) is 6.54 Å². The Bertz CT molecular complexity index is 553. The van der Waals surface area contributed by atoms with E-state index in [-0.39, 0.29) is 16.9 Å². The molecule has 1 heterocycles. The summed E-state index contributed by atoms with van der Waals surface area (Å²) in [4.78, 5) is 0. The van der Waals surface area contributed by atoms with Crippen molar-refractivity contribution in [2.45, 2.75) is 26.3 Å². The summed E-state index contributed by atoms with van der Waals surface area (Å²) in [5.74, 6) is -0.306. The van der Waals surface area contributed by atoms with Gasteiger partial charge >= 0.3 is 0 Å². The van der Waals surface area contributed by atoms with Crippen LogP contribution in [0.4, 0.5) is 4.39 Å². The zero-order valence-electron chi connectivity index (χ0n) is 11.0. The van der Waals surface area contributed by atoms with Crippen LogP contribution >= 0.6 is 22.9 Å². The summed E-state index contributed by atoms with van der Waals surface area (Å²) < 4.78 is 14.0. The lowest BCUT2D eigenvalue weighted by atomic mass is 9.98. The molecule has 0 spiro atoms. The van der Waals surface area contributed by atoms with Gasteiger partial charge in [0.25, 0.3) is 0 Å². The van der Waals surface area contributed by atoms with E-state index in [1.165, 1.54) is 11.1 Å². The average molecular weight is 298 g/mol. The third kappa shape index (κ3) is 3.35. The van der Waals surface area contributed by atoms with E-state index in [2.05, 4.69) is 29.9 Å². The van der Waals surface area contributed by atoms with Crippen LogP contribution in [0.2, 0.25) is 5.02 Å². The van der Waals surface area contributed by atoms with Crippen LogP contribution in [-0.2, 0) is 6.42 Å². The molecule has 0 bridgehead atoms. The molecule has 1 atom stereocenters. The van der Waals surface area contributed by atoms with E-state index in [1.807, 2.05) is 0 Å². The second kappa shape index (κ2) is 6.51. The highest BCUT2D eigenvalue weighted by molar-refractivity contribution is 7.08. The first kappa shape index (κ1) is 14.5. The van der Waals surface area contributed by atoms with Gasteiger partial charge in [0.05, 0.1) is 5.02 Å². The van der Waals surface area contributed by atoms with Crippen molar-refractivity contribution in [1.82, 2.24) is 5.32 Å². The molecule has 0 fully saturated rings. The molecule has 0 radical (unpaired) electrons. The summed E-state index contributed by atoms with van der Waals surface area (Å²) in [6, 6.07) is 5.31. The molecule has 1 aromatic heterocycles. The molecule has 102 valence electrons. The second-order valence-electron chi connectivity index (χ2n) is 4.54. The first-order chi connectivity index (χ1) is 9.13. The fourth-order valence-corrected chi connectivity index (χ4v) is 3.29. The van der Waals surface area contributed by atoms with E-state index in [9.17, 15) is 4.39 Å². The first-order valence-corrected chi connectivity index (χ1v) is 7.64. The van der Waals surface area contributed by atoms with Crippen LogP contribution in [0.3, 0.4) is 0 Å². The molecule has 19 heavy (non-hydrogen) atoms. The third-order valence-electron chi connectivity index (χ3n) is 3.18. The molecule has 0 amide bonds. The molecule has 0 saturated heterocycles. The summed E-state index contributed by atoms with van der Waals surface area (Å²) in [6.07, 6.45) is 0.609. The Hall–Kier alpha value is -0.900. The highest BCUT2D eigenvalue weighted by atomic mass is 35.5. The molecule has 1 N–H and O–H groups in total. The van der Waals surface area contributed by atoms with Crippen LogP contribution in [0.25, 0.3) is 0 Å². The Kier molecular flexibility index (Phi) is 4.97.